The van der Waals surface area contributed by atoms with Crippen LogP contribution in [0.3, 0.4) is 0 Å². The van der Waals surface area contributed by atoms with E-state index < -0.39 is 0 Å². The lowest BCUT2D eigenvalue weighted by Crippen LogP contribution is -2.19. The molecule has 0 amide bonds. The Morgan fingerprint density at radius 3 is 2.33 bits per heavy atom. The molecular weight excluding hydrogens is 268 g/mol. The first-order valence-electron chi connectivity index (χ1n) is 7.39. The number of nitrogens with zero attached hydrogens (tertiary/aromatic N) is 2. The van der Waals surface area contributed by atoms with Crippen molar-refractivity contribution in [2.24, 2.45) is 0 Å². The van der Waals surface area contributed by atoms with Crippen LogP contribution in [0, 0.1) is 0 Å². The molecule has 1 heterocycles. The van der Waals surface area contributed by atoms with E-state index in [1.165, 1.54) is 0 Å². The largest absolute Gasteiger partial charge is 0.466 e. The fraction of sp³-hybridized carbons (Fsp3) is 0.667. The van der Waals surface area contributed by atoms with Gasteiger partial charge in [0.05, 0.1) is 13.0 Å². The summed E-state index contributed by atoms with van der Waals surface area (Å²) in [6, 6.07) is 1.85. The molecule has 0 saturated heterocycles. The minimum absolute atomic E-state index is 0.136. The molecule has 0 aliphatic carbocycles. The van der Waals surface area contributed by atoms with E-state index in [2.05, 4.69) is 41.4 Å². The van der Waals surface area contributed by atoms with Crippen molar-refractivity contribution in [2.45, 2.75) is 46.5 Å². The van der Waals surface area contributed by atoms with Gasteiger partial charge >= 0.3 is 5.97 Å². The fourth-order valence-corrected chi connectivity index (χ4v) is 1.67. The lowest BCUT2D eigenvalue weighted by molar-refractivity contribution is -0.142. The Morgan fingerprint density at radius 2 is 1.81 bits per heavy atom. The minimum Gasteiger partial charge on any atom is -0.466 e. The van der Waals surface area contributed by atoms with E-state index in [1.54, 1.807) is 6.92 Å². The molecule has 118 valence electrons. The predicted molar refractivity (Wildman–Crippen MR) is 84.6 cm³/mol. The van der Waals surface area contributed by atoms with Gasteiger partial charge in [0, 0.05) is 24.6 Å². The van der Waals surface area contributed by atoms with E-state index in [1.807, 2.05) is 13.0 Å². The van der Waals surface area contributed by atoms with Crippen LogP contribution >= 0.6 is 0 Å². The van der Waals surface area contributed by atoms with Gasteiger partial charge in [0.2, 0.25) is 0 Å². The monoisotopic (exact) mass is 294 g/mol. The molecular formula is C15H26N4O2. The van der Waals surface area contributed by atoms with Gasteiger partial charge in [-0.1, -0.05) is 20.8 Å². The summed E-state index contributed by atoms with van der Waals surface area (Å²) in [5.74, 6) is 2.06. The zero-order valence-electron chi connectivity index (χ0n) is 13.6. The summed E-state index contributed by atoms with van der Waals surface area (Å²) in [5.41, 5.74) is -0.136. The van der Waals surface area contributed by atoms with Crippen molar-refractivity contribution in [1.29, 1.82) is 0 Å². The molecule has 0 atom stereocenters. The summed E-state index contributed by atoms with van der Waals surface area (Å²) < 4.78 is 4.90. The van der Waals surface area contributed by atoms with Gasteiger partial charge in [0.25, 0.3) is 0 Å². The third-order valence-corrected chi connectivity index (χ3v) is 2.70. The van der Waals surface area contributed by atoms with Crippen molar-refractivity contribution in [2.75, 3.05) is 30.3 Å². The average Bonchev–Trinajstić information content (AvgIpc) is 2.38. The van der Waals surface area contributed by atoms with Crippen LogP contribution in [0.15, 0.2) is 6.07 Å². The predicted octanol–water partition coefficient (Wildman–Crippen LogP) is 2.57. The molecule has 0 aliphatic heterocycles. The number of hydrogen-bond acceptors (Lipinski definition) is 6. The third kappa shape index (κ3) is 5.97. The van der Waals surface area contributed by atoms with E-state index >= 15 is 0 Å². The Bertz CT molecular complexity index is 469. The molecule has 6 nitrogen and oxygen atoms in total. The van der Waals surface area contributed by atoms with Crippen LogP contribution in [-0.4, -0.2) is 35.6 Å². The molecule has 21 heavy (non-hydrogen) atoms. The Balaban J connectivity index is 2.76. The van der Waals surface area contributed by atoms with Crippen molar-refractivity contribution in [1.82, 2.24) is 9.97 Å². The minimum atomic E-state index is -0.206. The Labute approximate surface area is 126 Å². The molecule has 0 unspecified atom stereocenters. The second-order valence-corrected chi connectivity index (χ2v) is 5.72. The highest BCUT2D eigenvalue weighted by molar-refractivity contribution is 5.70. The van der Waals surface area contributed by atoms with Gasteiger partial charge in [0.15, 0.2) is 0 Å². The number of esters is 1. The molecule has 0 bridgehead atoms. The maximum Gasteiger partial charge on any atom is 0.307 e. The summed E-state index contributed by atoms with van der Waals surface area (Å²) in [7, 11) is 0. The Hall–Kier alpha value is -1.85. The summed E-state index contributed by atoms with van der Waals surface area (Å²) in [6.07, 6.45) is 0.319. The van der Waals surface area contributed by atoms with E-state index in [0.29, 0.717) is 19.6 Å². The van der Waals surface area contributed by atoms with E-state index in [-0.39, 0.29) is 11.4 Å². The van der Waals surface area contributed by atoms with Crippen LogP contribution in [0.2, 0.25) is 0 Å². The van der Waals surface area contributed by atoms with Crippen molar-refractivity contribution in [3.05, 3.63) is 11.9 Å². The highest BCUT2D eigenvalue weighted by Crippen LogP contribution is 2.22. The summed E-state index contributed by atoms with van der Waals surface area (Å²) >= 11 is 0. The number of aromatic nitrogens is 2. The second-order valence-electron chi connectivity index (χ2n) is 5.72. The molecule has 0 aliphatic rings. The van der Waals surface area contributed by atoms with Crippen molar-refractivity contribution in [3.63, 3.8) is 0 Å². The molecule has 0 fully saturated rings. The molecule has 1 rings (SSSR count). The summed E-state index contributed by atoms with van der Waals surface area (Å²) in [5, 5.41) is 6.35. The maximum absolute atomic E-state index is 11.3. The van der Waals surface area contributed by atoms with Gasteiger partial charge in [-0.25, -0.2) is 9.97 Å². The van der Waals surface area contributed by atoms with Crippen LogP contribution in [0.4, 0.5) is 11.6 Å². The van der Waals surface area contributed by atoms with Crippen molar-refractivity contribution >= 4 is 17.6 Å². The topological polar surface area (TPSA) is 76.1 Å². The SMILES string of the molecule is CCNc1cc(NCCC(=O)OCC)nc(C(C)(C)C)n1. The first kappa shape index (κ1) is 17.2. The smallest absolute Gasteiger partial charge is 0.307 e. The van der Waals surface area contributed by atoms with Gasteiger partial charge in [-0.05, 0) is 13.8 Å². The number of carbonyl (C=O) groups excluding carboxylic acids is 1. The second kappa shape index (κ2) is 7.81. The van der Waals surface area contributed by atoms with Crippen LogP contribution in [0.5, 0.6) is 0 Å². The number of hydrogen-bond donors (Lipinski definition) is 2. The molecule has 6 heteroatoms. The summed E-state index contributed by atoms with van der Waals surface area (Å²) in [4.78, 5) is 20.4. The van der Waals surface area contributed by atoms with Gasteiger partial charge in [0.1, 0.15) is 17.5 Å². The first-order valence-corrected chi connectivity index (χ1v) is 7.39. The highest BCUT2D eigenvalue weighted by Gasteiger charge is 2.19. The van der Waals surface area contributed by atoms with Crippen molar-refractivity contribution < 1.29 is 9.53 Å². The van der Waals surface area contributed by atoms with Crippen molar-refractivity contribution in [3.8, 4) is 0 Å². The van der Waals surface area contributed by atoms with E-state index in [9.17, 15) is 4.79 Å². The van der Waals surface area contributed by atoms with Crippen LogP contribution < -0.4 is 10.6 Å². The van der Waals surface area contributed by atoms with Crippen LogP contribution in [0.25, 0.3) is 0 Å². The third-order valence-electron chi connectivity index (χ3n) is 2.70. The zero-order valence-corrected chi connectivity index (χ0v) is 13.6. The quantitative estimate of drug-likeness (QED) is 0.753. The fourth-order valence-electron chi connectivity index (χ4n) is 1.67. The number of ether oxygens (including phenoxy) is 1. The first-order chi connectivity index (χ1) is 9.86. The van der Waals surface area contributed by atoms with Gasteiger partial charge < -0.3 is 15.4 Å². The zero-order chi connectivity index (χ0) is 15.9. The lowest BCUT2D eigenvalue weighted by atomic mass is 9.96. The standard InChI is InChI=1S/C15H26N4O2/c1-6-16-11-10-12(17-9-8-13(20)21-7-2)19-14(18-11)15(3,4)5/h10H,6-9H2,1-5H3,(H2,16,17,18,19). The maximum atomic E-state index is 11.3. The van der Waals surface area contributed by atoms with Gasteiger partial charge in [-0.2, -0.15) is 0 Å². The molecule has 2 N–H and O–H groups in total. The Kier molecular flexibility index (Phi) is 6.39. The van der Waals surface area contributed by atoms with Gasteiger partial charge in [-0.3, -0.25) is 4.79 Å². The molecule has 0 aromatic carbocycles. The molecule has 0 saturated carbocycles. The Morgan fingerprint density at radius 1 is 1.19 bits per heavy atom. The lowest BCUT2D eigenvalue weighted by Gasteiger charge is -2.19. The number of rotatable bonds is 7. The molecule has 0 radical (unpaired) electrons. The molecule has 1 aromatic heterocycles. The molecule has 0 spiro atoms. The van der Waals surface area contributed by atoms with Crippen LogP contribution in [-0.2, 0) is 14.9 Å². The molecule has 1 aromatic rings. The number of nitrogens with one attached hydrogen (secondary N) is 2. The van der Waals surface area contributed by atoms with Gasteiger partial charge in [-0.15, -0.1) is 0 Å². The van der Waals surface area contributed by atoms with E-state index in [0.717, 1.165) is 24.0 Å². The van der Waals surface area contributed by atoms with E-state index in [4.69, 9.17) is 4.74 Å². The summed E-state index contributed by atoms with van der Waals surface area (Å²) in [6.45, 7) is 11.7. The average molecular weight is 294 g/mol. The number of anilines is 2. The normalized spacial score (nSPS) is 11.1. The number of carbonyl (C=O) groups is 1. The van der Waals surface area contributed by atoms with Crippen LogP contribution in [0.1, 0.15) is 46.9 Å². The highest BCUT2D eigenvalue weighted by atomic mass is 16.5.